The van der Waals surface area contributed by atoms with Crippen LogP contribution in [0.3, 0.4) is 0 Å². The van der Waals surface area contributed by atoms with E-state index in [1.165, 1.54) is 5.69 Å². The molecule has 0 saturated heterocycles. The van der Waals surface area contributed by atoms with Crippen LogP contribution >= 0.6 is 0 Å². The molecule has 0 unspecified atom stereocenters. The second-order valence-electron chi connectivity index (χ2n) is 4.97. The minimum atomic E-state index is 0.789. The molecule has 0 aromatic heterocycles. The van der Waals surface area contributed by atoms with Gasteiger partial charge in [-0.15, -0.1) is 0 Å². The minimum absolute atomic E-state index is 0.789. The zero-order chi connectivity index (χ0) is 15.2. The van der Waals surface area contributed by atoms with E-state index < -0.39 is 0 Å². The highest BCUT2D eigenvalue weighted by Gasteiger charge is 1.99. The lowest BCUT2D eigenvalue weighted by Crippen LogP contribution is -2.07. The van der Waals surface area contributed by atoms with Gasteiger partial charge >= 0.3 is 0 Å². The summed E-state index contributed by atoms with van der Waals surface area (Å²) in [5.74, 6) is 1.58. The topological polar surface area (TPSA) is 21.7 Å². The van der Waals surface area contributed by atoms with Gasteiger partial charge < -0.3 is 14.4 Å². The maximum absolute atomic E-state index is 5.27. The summed E-state index contributed by atoms with van der Waals surface area (Å²) in [4.78, 5) is 2.08. The Balaban J connectivity index is 2.20. The first-order chi connectivity index (χ1) is 10.1. The lowest BCUT2D eigenvalue weighted by atomic mass is 10.1. The van der Waals surface area contributed by atoms with Gasteiger partial charge in [0.2, 0.25) is 0 Å². The van der Waals surface area contributed by atoms with Gasteiger partial charge in [0, 0.05) is 25.8 Å². The summed E-state index contributed by atoms with van der Waals surface area (Å²) in [6.07, 6.45) is 4.13. The maximum atomic E-state index is 5.27. The molecule has 0 N–H and O–H groups in total. The standard InChI is InChI=1S/C18H21NO2/c1-19(2)16-9-7-14(8-10-16)5-6-15-11-17(20-3)13-18(12-15)21-4/h5-13H,1-4H3. The van der Waals surface area contributed by atoms with E-state index in [1.54, 1.807) is 14.2 Å². The van der Waals surface area contributed by atoms with E-state index in [0.29, 0.717) is 0 Å². The first-order valence-electron chi connectivity index (χ1n) is 6.81. The Morgan fingerprint density at radius 2 is 1.29 bits per heavy atom. The predicted octanol–water partition coefficient (Wildman–Crippen LogP) is 3.94. The van der Waals surface area contributed by atoms with Crippen molar-refractivity contribution < 1.29 is 9.47 Å². The fourth-order valence-electron chi connectivity index (χ4n) is 2.00. The molecule has 2 aromatic carbocycles. The molecule has 0 fully saturated rings. The van der Waals surface area contributed by atoms with Crippen molar-refractivity contribution in [2.24, 2.45) is 0 Å². The van der Waals surface area contributed by atoms with Crippen molar-refractivity contribution in [3.63, 3.8) is 0 Å². The van der Waals surface area contributed by atoms with Crippen LogP contribution in [-0.2, 0) is 0 Å². The number of hydrogen-bond donors (Lipinski definition) is 0. The number of nitrogens with zero attached hydrogens (tertiary/aromatic N) is 1. The average molecular weight is 283 g/mol. The van der Waals surface area contributed by atoms with Gasteiger partial charge in [0.15, 0.2) is 0 Å². The lowest BCUT2D eigenvalue weighted by molar-refractivity contribution is 0.394. The fraction of sp³-hybridized carbons (Fsp3) is 0.222. The molecular formula is C18H21NO2. The van der Waals surface area contributed by atoms with Gasteiger partial charge in [-0.1, -0.05) is 24.3 Å². The Morgan fingerprint density at radius 3 is 1.76 bits per heavy atom. The van der Waals surface area contributed by atoms with Gasteiger partial charge in [-0.2, -0.15) is 0 Å². The first-order valence-corrected chi connectivity index (χ1v) is 6.81. The number of anilines is 1. The molecule has 0 aliphatic carbocycles. The van der Waals surface area contributed by atoms with E-state index in [-0.39, 0.29) is 0 Å². The Bertz CT molecular complexity index is 593. The van der Waals surface area contributed by atoms with Crippen molar-refractivity contribution >= 4 is 17.8 Å². The van der Waals surface area contributed by atoms with E-state index in [1.807, 2.05) is 32.3 Å². The van der Waals surface area contributed by atoms with Crippen molar-refractivity contribution in [3.8, 4) is 11.5 Å². The summed E-state index contributed by atoms with van der Waals surface area (Å²) in [6, 6.07) is 14.2. The van der Waals surface area contributed by atoms with Crippen molar-refractivity contribution in [2.75, 3.05) is 33.2 Å². The second-order valence-corrected chi connectivity index (χ2v) is 4.97. The number of benzene rings is 2. The van der Waals surface area contributed by atoms with Gasteiger partial charge in [-0.25, -0.2) is 0 Å². The van der Waals surface area contributed by atoms with Crippen LogP contribution in [0, 0.1) is 0 Å². The van der Waals surface area contributed by atoms with Gasteiger partial charge in [0.25, 0.3) is 0 Å². The zero-order valence-corrected chi connectivity index (χ0v) is 13.0. The predicted molar refractivity (Wildman–Crippen MR) is 89.2 cm³/mol. The Labute approximate surface area is 126 Å². The van der Waals surface area contributed by atoms with E-state index >= 15 is 0 Å². The molecule has 110 valence electrons. The largest absolute Gasteiger partial charge is 0.497 e. The SMILES string of the molecule is COc1cc(C=Cc2ccc(N(C)C)cc2)cc(OC)c1. The summed E-state index contributed by atoms with van der Waals surface area (Å²) < 4.78 is 10.5. The summed E-state index contributed by atoms with van der Waals surface area (Å²) in [7, 11) is 7.38. The summed E-state index contributed by atoms with van der Waals surface area (Å²) in [6.45, 7) is 0. The van der Waals surface area contributed by atoms with Crippen LogP contribution in [0.15, 0.2) is 42.5 Å². The monoisotopic (exact) mass is 283 g/mol. The summed E-state index contributed by atoms with van der Waals surface area (Å²) in [5, 5.41) is 0. The van der Waals surface area contributed by atoms with E-state index in [2.05, 4.69) is 41.3 Å². The molecular weight excluding hydrogens is 262 g/mol. The van der Waals surface area contributed by atoms with Crippen LogP contribution in [0.5, 0.6) is 11.5 Å². The minimum Gasteiger partial charge on any atom is -0.497 e. The molecule has 0 aliphatic heterocycles. The van der Waals surface area contributed by atoms with Crippen molar-refractivity contribution in [3.05, 3.63) is 53.6 Å². The molecule has 0 spiro atoms. The summed E-state index contributed by atoms with van der Waals surface area (Å²) in [5.41, 5.74) is 3.39. The molecule has 3 nitrogen and oxygen atoms in total. The van der Waals surface area contributed by atoms with E-state index in [4.69, 9.17) is 9.47 Å². The van der Waals surface area contributed by atoms with Gasteiger partial charge in [-0.05, 0) is 35.4 Å². The van der Waals surface area contributed by atoms with E-state index in [0.717, 1.165) is 22.6 Å². The molecule has 3 heteroatoms. The molecule has 2 aromatic rings. The second kappa shape index (κ2) is 6.84. The van der Waals surface area contributed by atoms with Crippen molar-refractivity contribution in [1.82, 2.24) is 0 Å². The molecule has 0 amide bonds. The smallest absolute Gasteiger partial charge is 0.123 e. The van der Waals surface area contributed by atoms with E-state index in [9.17, 15) is 0 Å². The number of hydrogen-bond acceptors (Lipinski definition) is 3. The van der Waals surface area contributed by atoms with Crippen molar-refractivity contribution in [2.45, 2.75) is 0 Å². The molecule has 21 heavy (non-hydrogen) atoms. The molecule has 0 heterocycles. The third kappa shape index (κ3) is 4.02. The van der Waals surface area contributed by atoms with Crippen molar-refractivity contribution in [1.29, 1.82) is 0 Å². The molecule has 0 aliphatic rings. The highest BCUT2D eigenvalue weighted by molar-refractivity contribution is 5.71. The molecule has 0 saturated carbocycles. The number of ether oxygens (including phenoxy) is 2. The van der Waals surface area contributed by atoms with Gasteiger partial charge in [0.1, 0.15) is 11.5 Å². The molecule has 0 bridgehead atoms. The maximum Gasteiger partial charge on any atom is 0.123 e. The first kappa shape index (κ1) is 15.0. The molecule has 2 rings (SSSR count). The highest BCUT2D eigenvalue weighted by atomic mass is 16.5. The fourth-order valence-corrected chi connectivity index (χ4v) is 2.00. The highest BCUT2D eigenvalue weighted by Crippen LogP contribution is 2.24. The third-order valence-corrected chi connectivity index (χ3v) is 3.25. The Morgan fingerprint density at radius 1 is 0.762 bits per heavy atom. The number of rotatable bonds is 5. The normalized spacial score (nSPS) is 10.7. The number of methoxy groups -OCH3 is 2. The summed E-state index contributed by atoms with van der Waals surface area (Å²) >= 11 is 0. The quantitative estimate of drug-likeness (QED) is 0.776. The van der Waals surface area contributed by atoms with Crippen LogP contribution in [0.1, 0.15) is 11.1 Å². The third-order valence-electron chi connectivity index (χ3n) is 3.25. The van der Waals surface area contributed by atoms with Gasteiger partial charge in [-0.3, -0.25) is 0 Å². The van der Waals surface area contributed by atoms with Crippen LogP contribution in [0.25, 0.3) is 12.2 Å². The molecule has 0 atom stereocenters. The average Bonchev–Trinajstić information content (AvgIpc) is 2.52. The van der Waals surface area contributed by atoms with Crippen LogP contribution in [-0.4, -0.2) is 28.3 Å². The zero-order valence-electron chi connectivity index (χ0n) is 13.0. The lowest BCUT2D eigenvalue weighted by Gasteiger charge is -2.11. The Kier molecular flexibility index (Phi) is 4.88. The van der Waals surface area contributed by atoms with Gasteiger partial charge in [0.05, 0.1) is 14.2 Å². The molecule has 0 radical (unpaired) electrons. The van der Waals surface area contributed by atoms with Crippen LogP contribution < -0.4 is 14.4 Å². The Hall–Kier alpha value is -2.42. The van der Waals surface area contributed by atoms with Crippen LogP contribution in [0.2, 0.25) is 0 Å². The van der Waals surface area contributed by atoms with Crippen LogP contribution in [0.4, 0.5) is 5.69 Å².